The Kier molecular flexibility index (Phi) is 4.98. The van der Waals surface area contributed by atoms with E-state index in [1.165, 1.54) is 5.69 Å². The molecule has 3 heterocycles. The number of fused-ring (bicyclic) bond motifs is 1. The highest BCUT2D eigenvalue weighted by atomic mass is 16.3. The Labute approximate surface area is 176 Å². The van der Waals surface area contributed by atoms with Crippen LogP contribution in [0.25, 0.3) is 11.3 Å². The molecule has 2 aromatic heterocycles. The van der Waals surface area contributed by atoms with Crippen molar-refractivity contribution in [1.82, 2.24) is 9.47 Å². The van der Waals surface area contributed by atoms with E-state index in [4.69, 9.17) is 4.42 Å². The van der Waals surface area contributed by atoms with Crippen LogP contribution in [0.4, 0.5) is 0 Å². The lowest BCUT2D eigenvalue weighted by atomic mass is 9.99. The number of carbonyl (C=O) groups excluding carboxylic acids is 1. The van der Waals surface area contributed by atoms with Gasteiger partial charge < -0.3 is 13.9 Å². The maximum atomic E-state index is 13.2. The quantitative estimate of drug-likeness (QED) is 0.458. The zero-order chi connectivity index (χ0) is 20.3. The van der Waals surface area contributed by atoms with Gasteiger partial charge in [-0.15, -0.1) is 0 Å². The van der Waals surface area contributed by atoms with Gasteiger partial charge >= 0.3 is 0 Å². The van der Waals surface area contributed by atoms with Gasteiger partial charge in [-0.1, -0.05) is 60.7 Å². The van der Waals surface area contributed by atoms with E-state index in [1.54, 1.807) is 0 Å². The molecule has 0 fully saturated rings. The molecule has 0 aliphatic carbocycles. The predicted octanol–water partition coefficient (Wildman–Crippen LogP) is 5.31. The van der Waals surface area contributed by atoms with Gasteiger partial charge in [0.1, 0.15) is 11.5 Å². The zero-order valence-electron chi connectivity index (χ0n) is 16.8. The molecule has 2 aromatic carbocycles. The summed E-state index contributed by atoms with van der Waals surface area (Å²) in [5, 5.41) is 0. The number of benzene rings is 2. The van der Waals surface area contributed by atoms with Gasteiger partial charge in [-0.25, -0.2) is 0 Å². The minimum absolute atomic E-state index is 0.0427. The lowest BCUT2D eigenvalue weighted by molar-refractivity contribution is -0.133. The van der Waals surface area contributed by atoms with Gasteiger partial charge in [0.25, 0.3) is 0 Å². The van der Waals surface area contributed by atoms with Crippen molar-refractivity contribution in [3.63, 3.8) is 0 Å². The fraction of sp³-hybridized carbons (Fsp3) is 0.192. The maximum Gasteiger partial charge on any atom is 0.223 e. The Morgan fingerprint density at radius 3 is 2.43 bits per heavy atom. The van der Waals surface area contributed by atoms with Crippen molar-refractivity contribution >= 4 is 5.91 Å². The van der Waals surface area contributed by atoms with Crippen LogP contribution in [0.1, 0.15) is 29.5 Å². The Hall–Kier alpha value is -3.53. The number of rotatable bonds is 5. The van der Waals surface area contributed by atoms with Crippen molar-refractivity contribution in [3.8, 4) is 11.3 Å². The Morgan fingerprint density at radius 1 is 0.867 bits per heavy atom. The molecule has 0 N–H and O–H groups in total. The van der Waals surface area contributed by atoms with E-state index >= 15 is 0 Å². The summed E-state index contributed by atoms with van der Waals surface area (Å²) in [5.41, 5.74) is 3.37. The number of aromatic nitrogens is 1. The van der Waals surface area contributed by atoms with Gasteiger partial charge in [-0.2, -0.15) is 0 Å². The molecule has 0 bridgehead atoms. The summed E-state index contributed by atoms with van der Waals surface area (Å²) in [6.45, 7) is 1.55. The lowest BCUT2D eigenvalue weighted by Gasteiger charge is -2.37. The number of hydrogen-bond acceptors (Lipinski definition) is 2. The average Bonchev–Trinajstić information content (AvgIpc) is 3.47. The molecule has 0 saturated carbocycles. The van der Waals surface area contributed by atoms with E-state index in [2.05, 4.69) is 35.0 Å². The first kappa shape index (κ1) is 18.5. The minimum atomic E-state index is -0.0427. The first-order valence-electron chi connectivity index (χ1n) is 10.4. The van der Waals surface area contributed by atoms with Crippen molar-refractivity contribution in [2.75, 3.05) is 6.54 Å². The number of nitrogens with zero attached hydrogens (tertiary/aromatic N) is 2. The molecule has 1 aliphatic rings. The lowest BCUT2D eigenvalue weighted by Crippen LogP contribution is -2.42. The second-order valence-corrected chi connectivity index (χ2v) is 7.66. The summed E-state index contributed by atoms with van der Waals surface area (Å²) >= 11 is 0. The molecule has 0 radical (unpaired) electrons. The standard InChI is InChI=1S/C26H24N2O2/c29-25(16-14-22-13-15-24(30-22)20-8-3-1-4-9-20)28-19-18-27-17-7-12-23(27)26(28)21-10-5-2-6-11-21/h1-13,15,17,26H,14,16,18-19H2. The van der Waals surface area contributed by atoms with Gasteiger partial charge in [0, 0.05) is 43.4 Å². The first-order chi connectivity index (χ1) is 14.8. The molecule has 0 spiro atoms. The molecule has 1 atom stereocenters. The molecule has 4 heteroatoms. The van der Waals surface area contributed by atoms with Crippen molar-refractivity contribution in [1.29, 1.82) is 0 Å². The molecule has 4 nitrogen and oxygen atoms in total. The normalized spacial score (nSPS) is 15.7. The molecule has 5 rings (SSSR count). The van der Waals surface area contributed by atoms with E-state index in [-0.39, 0.29) is 11.9 Å². The SMILES string of the molecule is O=C(CCc1ccc(-c2ccccc2)o1)N1CCn2cccc2C1c1ccccc1. The van der Waals surface area contributed by atoms with Crippen LogP contribution < -0.4 is 0 Å². The van der Waals surface area contributed by atoms with Crippen LogP contribution in [-0.4, -0.2) is 21.9 Å². The molecule has 1 unspecified atom stereocenters. The number of amides is 1. The van der Waals surface area contributed by atoms with Gasteiger partial charge in [0.2, 0.25) is 5.91 Å². The van der Waals surface area contributed by atoms with E-state index in [1.807, 2.05) is 65.6 Å². The third kappa shape index (κ3) is 3.57. The van der Waals surface area contributed by atoms with Gasteiger partial charge in [0.15, 0.2) is 0 Å². The third-order valence-corrected chi connectivity index (χ3v) is 5.78. The van der Waals surface area contributed by atoms with Crippen molar-refractivity contribution in [3.05, 3.63) is 108 Å². The van der Waals surface area contributed by atoms with Gasteiger partial charge in [-0.05, 0) is 29.8 Å². The number of furan rings is 1. The fourth-order valence-electron chi connectivity index (χ4n) is 4.28. The number of aryl methyl sites for hydroxylation is 1. The highest BCUT2D eigenvalue weighted by Gasteiger charge is 2.31. The number of carbonyl (C=O) groups is 1. The largest absolute Gasteiger partial charge is 0.461 e. The Bertz CT molecular complexity index is 1130. The van der Waals surface area contributed by atoms with Crippen LogP contribution >= 0.6 is 0 Å². The van der Waals surface area contributed by atoms with Crippen LogP contribution in [0.5, 0.6) is 0 Å². The Balaban J connectivity index is 1.33. The highest BCUT2D eigenvalue weighted by Crippen LogP contribution is 2.33. The minimum Gasteiger partial charge on any atom is -0.461 e. The topological polar surface area (TPSA) is 38.4 Å². The van der Waals surface area contributed by atoms with Crippen LogP contribution in [0.15, 0.2) is 95.5 Å². The van der Waals surface area contributed by atoms with E-state index < -0.39 is 0 Å². The summed E-state index contributed by atoms with van der Waals surface area (Å²) in [4.78, 5) is 15.3. The van der Waals surface area contributed by atoms with Crippen LogP contribution in [0, 0.1) is 0 Å². The molecule has 1 amide bonds. The summed E-state index contributed by atoms with van der Waals surface area (Å²) in [7, 11) is 0. The molecule has 4 aromatic rings. The average molecular weight is 396 g/mol. The summed E-state index contributed by atoms with van der Waals surface area (Å²) < 4.78 is 8.24. The van der Waals surface area contributed by atoms with Crippen molar-refractivity contribution in [2.24, 2.45) is 0 Å². The van der Waals surface area contributed by atoms with Gasteiger partial charge in [0.05, 0.1) is 6.04 Å². The maximum absolute atomic E-state index is 13.2. The zero-order valence-corrected chi connectivity index (χ0v) is 16.8. The second-order valence-electron chi connectivity index (χ2n) is 7.66. The molecule has 150 valence electrons. The van der Waals surface area contributed by atoms with Crippen LogP contribution in [-0.2, 0) is 17.8 Å². The van der Waals surface area contributed by atoms with Crippen LogP contribution in [0.3, 0.4) is 0 Å². The third-order valence-electron chi connectivity index (χ3n) is 5.78. The second kappa shape index (κ2) is 8.07. The van der Waals surface area contributed by atoms with Crippen molar-refractivity contribution < 1.29 is 9.21 Å². The predicted molar refractivity (Wildman–Crippen MR) is 117 cm³/mol. The smallest absolute Gasteiger partial charge is 0.223 e. The molecule has 30 heavy (non-hydrogen) atoms. The first-order valence-corrected chi connectivity index (χ1v) is 10.4. The molecular formula is C26H24N2O2. The monoisotopic (exact) mass is 396 g/mol. The molecular weight excluding hydrogens is 372 g/mol. The van der Waals surface area contributed by atoms with E-state index in [0.29, 0.717) is 19.4 Å². The Morgan fingerprint density at radius 2 is 1.63 bits per heavy atom. The summed E-state index contributed by atoms with van der Waals surface area (Å²) in [6.07, 6.45) is 3.14. The molecule has 0 saturated heterocycles. The van der Waals surface area contributed by atoms with E-state index in [0.717, 1.165) is 29.2 Å². The van der Waals surface area contributed by atoms with E-state index in [9.17, 15) is 4.79 Å². The molecule has 1 aliphatic heterocycles. The number of hydrogen-bond donors (Lipinski definition) is 0. The summed E-state index contributed by atoms with van der Waals surface area (Å²) in [5.74, 6) is 1.85. The van der Waals surface area contributed by atoms with Crippen LogP contribution in [0.2, 0.25) is 0 Å². The summed E-state index contributed by atoms with van der Waals surface area (Å²) in [6, 6.07) is 28.4. The highest BCUT2D eigenvalue weighted by molar-refractivity contribution is 5.77. The fourth-order valence-corrected chi connectivity index (χ4v) is 4.28. The van der Waals surface area contributed by atoms with Crippen molar-refractivity contribution in [2.45, 2.75) is 25.4 Å². The van der Waals surface area contributed by atoms with Gasteiger partial charge in [-0.3, -0.25) is 4.79 Å².